The number of nitrogens with zero attached hydrogens (tertiary/aromatic N) is 3. The normalized spacial score (nSPS) is 11.6. The zero-order valence-corrected chi connectivity index (χ0v) is 13.6. The predicted molar refractivity (Wildman–Crippen MR) is 87.0 cm³/mol. The minimum Gasteiger partial charge on any atom is -0.257 e. The topological polar surface area (TPSA) is 49.6 Å². The van der Waals surface area contributed by atoms with E-state index < -0.39 is 0 Å². The molecule has 2 rings (SSSR count). The molecule has 0 aliphatic heterocycles. The van der Waals surface area contributed by atoms with E-state index in [0.717, 1.165) is 30.6 Å². The molecule has 7 heteroatoms. The van der Waals surface area contributed by atoms with Crippen LogP contribution in [0.2, 0.25) is 10.0 Å². The van der Waals surface area contributed by atoms with Gasteiger partial charge in [-0.3, -0.25) is 5.41 Å². The number of benzene rings is 1. The van der Waals surface area contributed by atoms with Gasteiger partial charge in [0.25, 0.3) is 5.82 Å². The van der Waals surface area contributed by atoms with E-state index in [2.05, 4.69) is 8.75 Å². The number of hydrogen-bond donors (Lipinski definition) is 1. The Kier molecular flexibility index (Phi) is 4.75. The van der Waals surface area contributed by atoms with Gasteiger partial charge in [0, 0.05) is 5.56 Å². The molecule has 0 spiro atoms. The molecule has 0 radical (unpaired) electrons. The molecule has 0 amide bonds. The highest BCUT2D eigenvalue weighted by molar-refractivity contribution is 6.99. The minimum atomic E-state index is 0.327. The van der Waals surface area contributed by atoms with Crippen LogP contribution in [-0.2, 0) is 0 Å². The fraction of sp³-hybridized carbons (Fsp3) is 0.308. The summed E-state index contributed by atoms with van der Waals surface area (Å²) < 4.78 is 9.08. The zero-order valence-electron chi connectivity index (χ0n) is 11.2. The van der Waals surface area contributed by atoms with Gasteiger partial charge in [-0.2, -0.15) is 4.37 Å². The Morgan fingerprint density at radius 1 is 1.20 bits per heavy atom. The number of quaternary nitrogens is 1. The SMILES string of the molecule is CC[N+](C=N)(CC)c1nsnc1-c1c(Cl)cccc1Cl. The fourth-order valence-corrected chi connectivity index (χ4v) is 3.32. The Labute approximate surface area is 132 Å². The van der Waals surface area contributed by atoms with Gasteiger partial charge in [-0.25, -0.2) is 4.48 Å². The third-order valence-corrected chi connectivity index (χ3v) is 4.62. The van der Waals surface area contributed by atoms with Crippen molar-refractivity contribution in [2.75, 3.05) is 13.1 Å². The van der Waals surface area contributed by atoms with Crippen LogP contribution < -0.4 is 4.48 Å². The van der Waals surface area contributed by atoms with Crippen LogP contribution in [-0.4, -0.2) is 28.2 Å². The molecular weight excluding hydrogens is 315 g/mol. The maximum absolute atomic E-state index is 7.77. The highest BCUT2D eigenvalue weighted by atomic mass is 35.5. The third kappa shape index (κ3) is 2.46. The molecule has 1 aromatic heterocycles. The predicted octanol–water partition coefficient (Wildman–Crippen LogP) is 4.47. The van der Waals surface area contributed by atoms with E-state index in [1.54, 1.807) is 18.2 Å². The Hall–Kier alpha value is -1.01. The van der Waals surface area contributed by atoms with Crippen molar-refractivity contribution >= 4 is 47.1 Å². The van der Waals surface area contributed by atoms with Crippen molar-refractivity contribution in [3.05, 3.63) is 28.2 Å². The first-order valence-electron chi connectivity index (χ1n) is 6.25. The van der Waals surface area contributed by atoms with E-state index in [-0.39, 0.29) is 0 Å². The lowest BCUT2D eigenvalue weighted by molar-refractivity contribution is 0.455. The highest BCUT2D eigenvalue weighted by Gasteiger charge is 2.33. The maximum Gasteiger partial charge on any atom is 0.273 e. The van der Waals surface area contributed by atoms with Gasteiger partial charge in [0.05, 0.1) is 34.9 Å². The molecule has 0 atom stereocenters. The first-order chi connectivity index (χ1) is 9.59. The molecule has 0 aliphatic rings. The summed E-state index contributed by atoms with van der Waals surface area (Å²) in [6.45, 7) is 5.48. The molecule has 0 unspecified atom stereocenters. The molecule has 106 valence electrons. The van der Waals surface area contributed by atoms with Crippen molar-refractivity contribution < 1.29 is 0 Å². The van der Waals surface area contributed by atoms with E-state index >= 15 is 0 Å². The lowest BCUT2D eigenvalue weighted by atomic mass is 10.1. The summed E-state index contributed by atoms with van der Waals surface area (Å²) in [5.74, 6) is 0.727. The first kappa shape index (κ1) is 15.4. The second kappa shape index (κ2) is 6.18. The van der Waals surface area contributed by atoms with Crippen LogP contribution in [0.1, 0.15) is 13.8 Å². The van der Waals surface area contributed by atoms with Crippen LogP contribution in [0.15, 0.2) is 18.2 Å². The van der Waals surface area contributed by atoms with Crippen LogP contribution in [0, 0.1) is 5.41 Å². The second-order valence-corrected chi connectivity index (χ2v) is 5.67. The molecule has 0 saturated heterocycles. The molecule has 4 nitrogen and oxygen atoms in total. The van der Waals surface area contributed by atoms with Gasteiger partial charge in [0.2, 0.25) is 0 Å². The Morgan fingerprint density at radius 3 is 2.30 bits per heavy atom. The molecule has 0 saturated carbocycles. The average molecular weight is 330 g/mol. The maximum atomic E-state index is 7.77. The third-order valence-electron chi connectivity index (χ3n) is 3.47. The molecule has 0 bridgehead atoms. The van der Waals surface area contributed by atoms with Crippen molar-refractivity contribution in [2.45, 2.75) is 13.8 Å². The van der Waals surface area contributed by atoms with Crippen molar-refractivity contribution in [2.24, 2.45) is 0 Å². The summed E-state index contributed by atoms with van der Waals surface area (Å²) in [7, 11) is 0. The quantitative estimate of drug-likeness (QED) is 0.500. The van der Waals surface area contributed by atoms with E-state index in [1.165, 1.54) is 6.34 Å². The number of hydrogen-bond acceptors (Lipinski definition) is 4. The van der Waals surface area contributed by atoms with Gasteiger partial charge in [-0.15, -0.1) is 4.37 Å². The second-order valence-electron chi connectivity index (χ2n) is 4.33. The molecule has 2 aromatic rings. The summed E-state index contributed by atoms with van der Waals surface area (Å²) in [5.41, 5.74) is 1.35. The number of rotatable bonds is 5. The van der Waals surface area contributed by atoms with E-state index in [1.807, 2.05) is 13.8 Å². The van der Waals surface area contributed by atoms with Gasteiger partial charge in [-0.05, 0) is 26.0 Å². The molecule has 0 fully saturated rings. The van der Waals surface area contributed by atoms with Gasteiger partial charge in [-0.1, -0.05) is 29.3 Å². The monoisotopic (exact) mass is 329 g/mol. The molecule has 20 heavy (non-hydrogen) atoms. The largest absolute Gasteiger partial charge is 0.273 e. The summed E-state index contributed by atoms with van der Waals surface area (Å²) in [6.07, 6.45) is 1.39. The van der Waals surface area contributed by atoms with Gasteiger partial charge < -0.3 is 0 Å². The van der Waals surface area contributed by atoms with Crippen LogP contribution in [0.25, 0.3) is 11.3 Å². The number of halogens is 2. The summed E-state index contributed by atoms with van der Waals surface area (Å²) >= 11 is 13.6. The fourth-order valence-electron chi connectivity index (χ4n) is 2.12. The van der Waals surface area contributed by atoms with Crippen molar-refractivity contribution in [3.63, 3.8) is 0 Å². The van der Waals surface area contributed by atoms with E-state index in [0.29, 0.717) is 25.8 Å². The molecule has 1 heterocycles. The van der Waals surface area contributed by atoms with Gasteiger partial charge >= 0.3 is 0 Å². The van der Waals surface area contributed by atoms with Crippen LogP contribution in [0.5, 0.6) is 0 Å². The average Bonchev–Trinajstić information content (AvgIpc) is 2.91. The zero-order chi connectivity index (χ0) is 14.8. The molecule has 1 N–H and O–H groups in total. The number of aromatic nitrogens is 2. The molecular formula is C13H15Cl2N4S+. The van der Waals surface area contributed by atoms with E-state index in [4.69, 9.17) is 28.6 Å². The highest BCUT2D eigenvalue weighted by Crippen LogP contribution is 2.40. The molecule has 1 aromatic carbocycles. The first-order valence-corrected chi connectivity index (χ1v) is 7.74. The Morgan fingerprint density at radius 2 is 1.80 bits per heavy atom. The lowest BCUT2D eigenvalue weighted by Gasteiger charge is -2.28. The van der Waals surface area contributed by atoms with E-state index in [9.17, 15) is 0 Å². The Bertz CT molecular complexity index is 602. The van der Waals surface area contributed by atoms with Crippen LogP contribution >= 0.6 is 34.9 Å². The smallest absolute Gasteiger partial charge is 0.257 e. The van der Waals surface area contributed by atoms with Gasteiger partial charge in [0.1, 0.15) is 0 Å². The lowest BCUT2D eigenvalue weighted by Crippen LogP contribution is -2.48. The summed E-state index contributed by atoms with van der Waals surface area (Å²) in [4.78, 5) is 0. The van der Waals surface area contributed by atoms with Crippen molar-refractivity contribution in [1.82, 2.24) is 13.2 Å². The Balaban J connectivity index is 2.68. The summed E-state index contributed by atoms with van der Waals surface area (Å²) in [6, 6.07) is 5.36. The molecule has 0 aliphatic carbocycles. The van der Waals surface area contributed by atoms with Crippen LogP contribution in [0.4, 0.5) is 5.82 Å². The summed E-state index contributed by atoms with van der Waals surface area (Å²) in [5, 5.41) is 8.86. The van der Waals surface area contributed by atoms with Gasteiger partial charge in [0.15, 0.2) is 12.0 Å². The van der Waals surface area contributed by atoms with Crippen molar-refractivity contribution in [3.8, 4) is 11.3 Å². The standard InChI is InChI=1S/C13H15Cl2N4S/c1-3-19(4-2,8-16)13-12(17-20-18-13)11-9(14)6-5-7-10(11)15/h5-8,16H,3-4H2,1-2H3/q+1. The minimum absolute atomic E-state index is 0.327. The van der Waals surface area contributed by atoms with Crippen LogP contribution in [0.3, 0.4) is 0 Å². The number of nitrogens with one attached hydrogen (secondary N) is 1. The van der Waals surface area contributed by atoms with Crippen molar-refractivity contribution in [1.29, 1.82) is 5.41 Å².